The number of thiophene rings is 1. The molecule has 4 amide bonds. The molecule has 114 valence electrons. The molecule has 1 fully saturated rings. The van der Waals surface area contributed by atoms with Crippen molar-refractivity contribution >= 4 is 45.1 Å². The Bertz CT molecular complexity index is 601. The summed E-state index contributed by atoms with van der Waals surface area (Å²) in [5.41, 5.74) is -1.12. The standard InChI is InChI=1S/C13H16BrN3O3S/c1-7(2)15-10(18)6-17-11(19)13(3,16-12(17)20)8-4-5-9(14)21-8/h4-5,7H,6H2,1-3H3,(H,15,18)(H,16,20)/t13-/m1/s1. The molecule has 0 aliphatic carbocycles. The van der Waals surface area contributed by atoms with Crippen molar-refractivity contribution in [2.24, 2.45) is 0 Å². The van der Waals surface area contributed by atoms with Crippen LogP contribution in [0.15, 0.2) is 15.9 Å². The van der Waals surface area contributed by atoms with Gasteiger partial charge in [0.05, 0.1) is 3.79 Å². The maximum atomic E-state index is 12.5. The minimum atomic E-state index is -1.12. The SMILES string of the molecule is CC(C)NC(=O)CN1C(=O)N[C@](C)(c2ccc(Br)s2)C1=O. The van der Waals surface area contributed by atoms with Gasteiger partial charge in [-0.15, -0.1) is 11.3 Å². The quantitative estimate of drug-likeness (QED) is 0.789. The van der Waals surface area contributed by atoms with Crippen LogP contribution in [0.1, 0.15) is 25.6 Å². The van der Waals surface area contributed by atoms with Gasteiger partial charge >= 0.3 is 6.03 Å². The number of urea groups is 1. The van der Waals surface area contributed by atoms with Crippen LogP contribution in [0, 0.1) is 0 Å². The molecule has 1 aliphatic heterocycles. The molecule has 1 aromatic rings. The molecule has 0 aromatic carbocycles. The smallest absolute Gasteiger partial charge is 0.325 e. The van der Waals surface area contributed by atoms with Gasteiger partial charge in [-0.3, -0.25) is 14.5 Å². The highest BCUT2D eigenvalue weighted by Gasteiger charge is 2.50. The second kappa shape index (κ2) is 5.76. The molecule has 0 saturated carbocycles. The number of amides is 4. The van der Waals surface area contributed by atoms with Crippen LogP contribution in [0.5, 0.6) is 0 Å². The predicted octanol–water partition coefficient (Wildman–Crippen LogP) is 1.80. The van der Waals surface area contributed by atoms with Crippen LogP contribution in [0.4, 0.5) is 4.79 Å². The van der Waals surface area contributed by atoms with Crippen molar-refractivity contribution in [2.45, 2.75) is 32.4 Å². The summed E-state index contributed by atoms with van der Waals surface area (Å²) in [6, 6.07) is 3.01. The Morgan fingerprint density at radius 3 is 2.67 bits per heavy atom. The highest BCUT2D eigenvalue weighted by atomic mass is 79.9. The van der Waals surface area contributed by atoms with Gasteiger partial charge in [0, 0.05) is 10.9 Å². The number of rotatable bonds is 4. The third kappa shape index (κ3) is 3.11. The van der Waals surface area contributed by atoms with Crippen molar-refractivity contribution in [3.8, 4) is 0 Å². The van der Waals surface area contributed by atoms with E-state index in [2.05, 4.69) is 26.6 Å². The summed E-state index contributed by atoms with van der Waals surface area (Å²) in [5, 5.41) is 5.33. The van der Waals surface area contributed by atoms with Gasteiger partial charge in [-0.25, -0.2) is 4.79 Å². The maximum Gasteiger partial charge on any atom is 0.325 e. The van der Waals surface area contributed by atoms with E-state index in [-0.39, 0.29) is 18.5 Å². The Hall–Kier alpha value is -1.41. The Labute approximate surface area is 135 Å². The van der Waals surface area contributed by atoms with Gasteiger partial charge in [-0.05, 0) is 48.8 Å². The summed E-state index contributed by atoms with van der Waals surface area (Å²) in [4.78, 5) is 38.0. The molecule has 21 heavy (non-hydrogen) atoms. The molecule has 0 spiro atoms. The number of halogens is 1. The van der Waals surface area contributed by atoms with Crippen molar-refractivity contribution in [1.29, 1.82) is 0 Å². The molecular formula is C13H16BrN3O3S. The third-order valence-corrected chi connectivity index (χ3v) is 4.94. The fourth-order valence-electron chi connectivity index (χ4n) is 2.10. The number of imide groups is 1. The second-order valence-corrected chi connectivity index (χ2v) is 7.74. The number of carbonyl (C=O) groups is 3. The monoisotopic (exact) mass is 373 g/mol. The lowest BCUT2D eigenvalue weighted by atomic mass is 10.0. The van der Waals surface area contributed by atoms with Crippen molar-refractivity contribution in [2.75, 3.05) is 6.54 Å². The highest BCUT2D eigenvalue weighted by molar-refractivity contribution is 9.11. The molecule has 0 bridgehead atoms. The molecule has 6 nitrogen and oxygen atoms in total. The normalized spacial score (nSPS) is 21.9. The summed E-state index contributed by atoms with van der Waals surface area (Å²) < 4.78 is 0.872. The van der Waals surface area contributed by atoms with Crippen molar-refractivity contribution in [1.82, 2.24) is 15.5 Å². The lowest BCUT2D eigenvalue weighted by Gasteiger charge is -2.20. The number of carbonyl (C=O) groups excluding carboxylic acids is 3. The zero-order chi connectivity index (χ0) is 15.8. The first-order valence-corrected chi connectivity index (χ1v) is 8.04. The maximum absolute atomic E-state index is 12.5. The zero-order valence-electron chi connectivity index (χ0n) is 11.9. The Balaban J connectivity index is 2.18. The predicted molar refractivity (Wildman–Crippen MR) is 82.9 cm³/mol. The van der Waals surface area contributed by atoms with Gasteiger partial charge in [-0.1, -0.05) is 0 Å². The molecular weight excluding hydrogens is 358 g/mol. The average molecular weight is 374 g/mol. The van der Waals surface area contributed by atoms with E-state index < -0.39 is 17.5 Å². The van der Waals surface area contributed by atoms with Crippen LogP contribution in [0.25, 0.3) is 0 Å². The first-order chi connectivity index (χ1) is 9.74. The molecule has 2 heterocycles. The Morgan fingerprint density at radius 1 is 1.48 bits per heavy atom. The number of hydrogen-bond acceptors (Lipinski definition) is 4. The number of hydrogen-bond donors (Lipinski definition) is 2. The van der Waals surface area contributed by atoms with E-state index in [4.69, 9.17) is 0 Å². The van der Waals surface area contributed by atoms with Crippen LogP contribution >= 0.6 is 27.3 Å². The summed E-state index contributed by atoms with van der Waals surface area (Å²) in [7, 11) is 0. The van der Waals surface area contributed by atoms with E-state index in [1.54, 1.807) is 13.0 Å². The van der Waals surface area contributed by atoms with Crippen LogP contribution in [0.2, 0.25) is 0 Å². The highest BCUT2D eigenvalue weighted by Crippen LogP contribution is 2.35. The molecule has 2 rings (SSSR count). The van der Waals surface area contributed by atoms with E-state index in [1.165, 1.54) is 11.3 Å². The molecule has 0 radical (unpaired) electrons. The van der Waals surface area contributed by atoms with E-state index >= 15 is 0 Å². The molecule has 1 aliphatic rings. The van der Waals surface area contributed by atoms with E-state index in [1.807, 2.05) is 19.9 Å². The summed E-state index contributed by atoms with van der Waals surface area (Å²) in [5.74, 6) is -0.772. The molecule has 1 saturated heterocycles. The first-order valence-electron chi connectivity index (χ1n) is 6.43. The number of nitrogens with zero attached hydrogens (tertiary/aromatic N) is 1. The van der Waals surface area contributed by atoms with Gasteiger partial charge in [0.2, 0.25) is 5.91 Å². The van der Waals surface area contributed by atoms with Crippen LogP contribution in [-0.2, 0) is 15.1 Å². The van der Waals surface area contributed by atoms with Crippen molar-refractivity contribution in [3.63, 3.8) is 0 Å². The van der Waals surface area contributed by atoms with Crippen LogP contribution in [-0.4, -0.2) is 35.3 Å². The van der Waals surface area contributed by atoms with Crippen LogP contribution < -0.4 is 10.6 Å². The fraction of sp³-hybridized carbons (Fsp3) is 0.462. The van der Waals surface area contributed by atoms with Crippen molar-refractivity contribution in [3.05, 3.63) is 20.8 Å². The van der Waals surface area contributed by atoms with E-state index in [0.717, 1.165) is 13.6 Å². The van der Waals surface area contributed by atoms with Gasteiger partial charge in [0.15, 0.2) is 5.54 Å². The molecule has 2 N–H and O–H groups in total. The minimum absolute atomic E-state index is 0.0436. The van der Waals surface area contributed by atoms with Gasteiger partial charge in [0.1, 0.15) is 6.54 Å². The molecule has 1 atom stereocenters. The van der Waals surface area contributed by atoms with Gasteiger partial charge in [0.25, 0.3) is 5.91 Å². The van der Waals surface area contributed by atoms with Crippen LogP contribution in [0.3, 0.4) is 0 Å². The Kier molecular flexibility index (Phi) is 4.38. The topological polar surface area (TPSA) is 78.5 Å². The largest absolute Gasteiger partial charge is 0.352 e. The minimum Gasteiger partial charge on any atom is -0.352 e. The summed E-state index contributed by atoms with van der Waals surface area (Å²) in [6.07, 6.45) is 0. The summed E-state index contributed by atoms with van der Waals surface area (Å²) in [6.45, 7) is 5.00. The van der Waals surface area contributed by atoms with E-state index in [0.29, 0.717) is 0 Å². The molecule has 0 unspecified atom stereocenters. The van der Waals surface area contributed by atoms with Gasteiger partial charge < -0.3 is 10.6 Å². The van der Waals surface area contributed by atoms with Crippen molar-refractivity contribution < 1.29 is 14.4 Å². The lowest BCUT2D eigenvalue weighted by molar-refractivity contribution is -0.134. The number of nitrogens with one attached hydrogen (secondary N) is 2. The summed E-state index contributed by atoms with van der Waals surface area (Å²) >= 11 is 4.71. The van der Waals surface area contributed by atoms with Gasteiger partial charge in [-0.2, -0.15) is 0 Å². The average Bonchev–Trinajstić information content (AvgIpc) is 2.88. The second-order valence-electron chi connectivity index (χ2n) is 5.27. The molecule has 1 aromatic heterocycles. The fourth-order valence-corrected chi connectivity index (χ4v) is 3.58. The third-order valence-electron chi connectivity index (χ3n) is 3.09. The first kappa shape index (κ1) is 16.0. The van der Waals surface area contributed by atoms with E-state index in [9.17, 15) is 14.4 Å². The lowest BCUT2D eigenvalue weighted by Crippen LogP contribution is -2.44. The molecule has 8 heteroatoms. The Morgan fingerprint density at radius 2 is 2.14 bits per heavy atom. The zero-order valence-corrected chi connectivity index (χ0v) is 14.3.